The number of nitrogens with two attached hydrogens (primary N) is 1. The summed E-state index contributed by atoms with van der Waals surface area (Å²) in [7, 11) is 0. The summed E-state index contributed by atoms with van der Waals surface area (Å²) in [6, 6.07) is 1.72. The molecule has 0 aliphatic heterocycles. The highest BCUT2D eigenvalue weighted by Gasteiger charge is 2.27. The van der Waals surface area contributed by atoms with Crippen molar-refractivity contribution in [2.24, 2.45) is 0 Å². The van der Waals surface area contributed by atoms with Crippen LogP contribution < -0.4 is 5.84 Å². The van der Waals surface area contributed by atoms with Gasteiger partial charge in [-0.15, -0.1) is 10.2 Å². The van der Waals surface area contributed by atoms with Crippen LogP contribution in [0.1, 0.15) is 37.3 Å². The Morgan fingerprint density at radius 1 is 1.42 bits per heavy atom. The maximum Gasteiger partial charge on any atom is 0.216 e. The number of nitrogens with zero attached hydrogens (tertiary/aromatic N) is 5. The van der Waals surface area contributed by atoms with Crippen molar-refractivity contribution >= 4 is 23.4 Å². The van der Waals surface area contributed by atoms with Gasteiger partial charge in [0.2, 0.25) is 5.16 Å². The van der Waals surface area contributed by atoms with E-state index in [1.165, 1.54) is 16.4 Å². The van der Waals surface area contributed by atoms with E-state index in [-0.39, 0.29) is 0 Å². The van der Waals surface area contributed by atoms with Gasteiger partial charge >= 0.3 is 0 Å². The summed E-state index contributed by atoms with van der Waals surface area (Å²) in [5.41, 5.74) is 0. The number of aromatic nitrogens is 5. The fourth-order valence-corrected chi connectivity index (χ4v) is 2.74. The molecular weight excluding hydrogens is 284 g/mol. The van der Waals surface area contributed by atoms with Crippen LogP contribution in [-0.2, 0) is 6.42 Å². The molecule has 0 atom stereocenters. The first kappa shape index (κ1) is 12.7. The Bertz CT molecular complexity index is 609. The minimum atomic E-state index is 0.457. The summed E-state index contributed by atoms with van der Waals surface area (Å²) >= 11 is 7.37. The van der Waals surface area contributed by atoms with E-state index < -0.39 is 0 Å². The van der Waals surface area contributed by atoms with Crippen molar-refractivity contribution in [1.29, 1.82) is 0 Å². The molecule has 0 spiro atoms. The average Bonchev–Trinajstić information content (AvgIpc) is 3.16. The van der Waals surface area contributed by atoms with Crippen LogP contribution in [0.5, 0.6) is 0 Å². The van der Waals surface area contributed by atoms with Crippen LogP contribution >= 0.6 is 23.4 Å². The Morgan fingerprint density at radius 3 is 2.84 bits per heavy atom. The van der Waals surface area contributed by atoms with Crippen molar-refractivity contribution in [2.45, 2.75) is 42.3 Å². The number of hydrogen-bond acceptors (Lipinski definition) is 6. The topological polar surface area (TPSA) is 82.5 Å². The maximum absolute atomic E-state index is 6.02. The number of aryl methyl sites for hydroxylation is 1. The Labute approximate surface area is 119 Å². The Balaban J connectivity index is 1.87. The SMILES string of the molecule is CCc1nnc(Sc2cc(Cl)nc(C3CC3)n2)n1N. The zero-order chi connectivity index (χ0) is 13.4. The van der Waals surface area contributed by atoms with E-state index >= 15 is 0 Å². The van der Waals surface area contributed by atoms with Gasteiger partial charge in [-0.2, -0.15) is 0 Å². The van der Waals surface area contributed by atoms with E-state index in [1.54, 1.807) is 6.07 Å². The van der Waals surface area contributed by atoms with E-state index in [1.807, 2.05) is 6.92 Å². The van der Waals surface area contributed by atoms with Crippen molar-refractivity contribution in [3.8, 4) is 0 Å². The summed E-state index contributed by atoms with van der Waals surface area (Å²) in [4.78, 5) is 8.75. The maximum atomic E-state index is 6.02. The van der Waals surface area contributed by atoms with Gasteiger partial charge in [0.15, 0.2) is 5.82 Å². The van der Waals surface area contributed by atoms with Crippen LogP contribution in [0.4, 0.5) is 0 Å². The zero-order valence-electron chi connectivity index (χ0n) is 10.4. The Hall–Kier alpha value is -1.34. The molecule has 2 heterocycles. The third kappa shape index (κ3) is 2.66. The highest BCUT2D eigenvalue weighted by molar-refractivity contribution is 7.99. The Morgan fingerprint density at radius 2 is 2.21 bits per heavy atom. The summed E-state index contributed by atoms with van der Waals surface area (Å²) in [5, 5.41) is 9.88. The van der Waals surface area contributed by atoms with Crippen LogP contribution in [0.2, 0.25) is 5.15 Å². The van der Waals surface area contributed by atoms with E-state index in [0.717, 1.165) is 35.9 Å². The number of rotatable bonds is 4. The average molecular weight is 297 g/mol. The smallest absolute Gasteiger partial charge is 0.216 e. The number of halogens is 1. The van der Waals surface area contributed by atoms with Gasteiger partial charge < -0.3 is 5.84 Å². The van der Waals surface area contributed by atoms with E-state index in [4.69, 9.17) is 17.4 Å². The zero-order valence-corrected chi connectivity index (χ0v) is 11.9. The summed E-state index contributed by atoms with van der Waals surface area (Å²) in [6.07, 6.45) is 3.01. The van der Waals surface area contributed by atoms with Crippen molar-refractivity contribution in [3.05, 3.63) is 22.9 Å². The van der Waals surface area contributed by atoms with Gasteiger partial charge in [-0.05, 0) is 24.6 Å². The van der Waals surface area contributed by atoms with Crippen molar-refractivity contribution in [1.82, 2.24) is 24.8 Å². The van der Waals surface area contributed by atoms with E-state index in [9.17, 15) is 0 Å². The molecule has 0 amide bonds. The lowest BCUT2D eigenvalue weighted by Gasteiger charge is -2.04. The lowest BCUT2D eigenvalue weighted by molar-refractivity contribution is 0.793. The first-order valence-electron chi connectivity index (χ1n) is 6.09. The van der Waals surface area contributed by atoms with Crippen molar-refractivity contribution in [2.75, 3.05) is 5.84 Å². The monoisotopic (exact) mass is 296 g/mol. The third-order valence-electron chi connectivity index (χ3n) is 2.88. The quantitative estimate of drug-likeness (QED) is 0.686. The second-order valence-electron chi connectivity index (χ2n) is 4.39. The Kier molecular flexibility index (Phi) is 3.32. The molecule has 2 N–H and O–H groups in total. The predicted octanol–water partition coefficient (Wildman–Crippen LogP) is 2.03. The van der Waals surface area contributed by atoms with Gasteiger partial charge in [0.1, 0.15) is 16.0 Å². The molecule has 3 rings (SSSR count). The summed E-state index contributed by atoms with van der Waals surface area (Å²) < 4.78 is 1.48. The van der Waals surface area contributed by atoms with Crippen molar-refractivity contribution in [3.63, 3.8) is 0 Å². The lowest BCUT2D eigenvalue weighted by atomic mass is 10.4. The van der Waals surface area contributed by atoms with Crippen LogP contribution in [0.15, 0.2) is 16.2 Å². The molecule has 6 nitrogen and oxygen atoms in total. The minimum Gasteiger partial charge on any atom is -0.336 e. The van der Waals surface area contributed by atoms with Gasteiger partial charge in [-0.3, -0.25) is 0 Å². The molecule has 1 fully saturated rings. The van der Waals surface area contributed by atoms with Crippen molar-refractivity contribution < 1.29 is 0 Å². The van der Waals surface area contributed by atoms with Crippen LogP contribution in [0, 0.1) is 0 Å². The molecule has 1 saturated carbocycles. The molecule has 8 heteroatoms. The molecule has 2 aromatic heterocycles. The van der Waals surface area contributed by atoms with E-state index in [0.29, 0.717) is 16.2 Å². The molecule has 19 heavy (non-hydrogen) atoms. The fourth-order valence-electron chi connectivity index (χ4n) is 1.70. The summed E-state index contributed by atoms with van der Waals surface area (Å²) in [5.74, 6) is 7.92. The number of nitrogen functional groups attached to an aromatic ring is 1. The molecule has 0 radical (unpaired) electrons. The molecule has 0 bridgehead atoms. The van der Waals surface area contributed by atoms with Gasteiger partial charge in [-0.25, -0.2) is 14.6 Å². The first-order valence-corrected chi connectivity index (χ1v) is 7.28. The van der Waals surface area contributed by atoms with Crippen LogP contribution in [-0.4, -0.2) is 24.8 Å². The van der Waals surface area contributed by atoms with Crippen LogP contribution in [0.25, 0.3) is 0 Å². The van der Waals surface area contributed by atoms with E-state index in [2.05, 4.69) is 20.2 Å². The fraction of sp³-hybridized carbons (Fsp3) is 0.455. The second kappa shape index (κ2) is 4.97. The lowest BCUT2D eigenvalue weighted by Crippen LogP contribution is -2.13. The predicted molar refractivity (Wildman–Crippen MR) is 72.7 cm³/mol. The van der Waals surface area contributed by atoms with Gasteiger partial charge in [-0.1, -0.05) is 18.5 Å². The molecular formula is C11H13ClN6S. The molecule has 0 saturated heterocycles. The standard InChI is InChI=1S/C11H13ClN6S/c1-2-8-16-17-11(18(8)13)19-9-5-7(12)14-10(15-9)6-3-4-6/h5-6H,2-4,13H2,1H3. The normalized spacial score (nSPS) is 14.8. The molecule has 1 aliphatic carbocycles. The molecule has 2 aromatic rings. The summed E-state index contributed by atoms with van der Waals surface area (Å²) in [6.45, 7) is 1.98. The highest BCUT2D eigenvalue weighted by atomic mass is 35.5. The second-order valence-corrected chi connectivity index (χ2v) is 5.76. The van der Waals surface area contributed by atoms with Gasteiger partial charge in [0.25, 0.3) is 0 Å². The highest BCUT2D eigenvalue weighted by Crippen LogP contribution is 2.39. The largest absolute Gasteiger partial charge is 0.336 e. The van der Waals surface area contributed by atoms with Crippen LogP contribution in [0.3, 0.4) is 0 Å². The molecule has 0 unspecified atom stereocenters. The minimum absolute atomic E-state index is 0.457. The van der Waals surface area contributed by atoms with Gasteiger partial charge in [0, 0.05) is 18.4 Å². The van der Waals surface area contributed by atoms with Gasteiger partial charge in [0.05, 0.1) is 0 Å². The molecule has 1 aliphatic rings. The third-order valence-corrected chi connectivity index (χ3v) is 3.95. The number of hydrogen-bond donors (Lipinski definition) is 1. The first-order chi connectivity index (χ1) is 9.17. The molecule has 0 aromatic carbocycles. The molecule has 100 valence electrons.